The zero-order valence-electron chi connectivity index (χ0n) is 22.3. The highest BCUT2D eigenvalue weighted by molar-refractivity contribution is 7.86. The van der Waals surface area contributed by atoms with Gasteiger partial charge in [-0.05, 0) is 73.4 Å². The van der Waals surface area contributed by atoms with E-state index in [1.54, 1.807) is 32.9 Å². The quantitative estimate of drug-likeness (QED) is 0.589. The van der Waals surface area contributed by atoms with E-state index in [-0.39, 0.29) is 23.6 Å². The Morgan fingerprint density at radius 2 is 1.33 bits per heavy atom. The van der Waals surface area contributed by atoms with Gasteiger partial charge in [-0.15, -0.1) is 0 Å². The number of aliphatic hydroxyl groups excluding tert-OH is 1. The van der Waals surface area contributed by atoms with E-state index in [1.165, 1.54) is 21.9 Å². The molecule has 2 amide bonds. The Kier molecular flexibility index (Phi) is 9.77. The Labute approximate surface area is 214 Å². The third kappa shape index (κ3) is 9.94. The molecule has 2 atom stereocenters. The van der Waals surface area contributed by atoms with Gasteiger partial charge >= 0.3 is 12.2 Å². The van der Waals surface area contributed by atoms with Crippen molar-refractivity contribution in [2.75, 3.05) is 26.2 Å². The number of ether oxygens (including phenoxy) is 2. The number of carbonyl (C=O) groups is 2. The number of hydrogen-bond acceptors (Lipinski definition) is 8. The van der Waals surface area contributed by atoms with Gasteiger partial charge in [0.15, 0.2) is 0 Å². The highest BCUT2D eigenvalue weighted by Gasteiger charge is 2.33. The molecule has 2 heterocycles. The average molecular weight is 529 g/mol. The molecule has 0 bridgehead atoms. The Balaban J connectivity index is 0.000000297. The van der Waals surface area contributed by atoms with Crippen LogP contribution < -0.4 is 0 Å². The van der Waals surface area contributed by atoms with Crippen LogP contribution in [-0.2, 0) is 23.8 Å². The van der Waals surface area contributed by atoms with E-state index in [4.69, 9.17) is 13.7 Å². The lowest BCUT2D eigenvalue weighted by Gasteiger charge is -2.24. The van der Waals surface area contributed by atoms with Gasteiger partial charge in [0, 0.05) is 19.6 Å². The van der Waals surface area contributed by atoms with Crippen LogP contribution in [0.25, 0.3) is 0 Å². The van der Waals surface area contributed by atoms with Crippen molar-refractivity contribution in [2.45, 2.75) is 89.6 Å². The van der Waals surface area contributed by atoms with Gasteiger partial charge in [-0.2, -0.15) is 8.42 Å². The van der Waals surface area contributed by atoms with Crippen molar-refractivity contribution in [2.24, 2.45) is 0 Å². The molecule has 0 spiro atoms. The van der Waals surface area contributed by atoms with E-state index in [2.05, 4.69) is 0 Å². The summed E-state index contributed by atoms with van der Waals surface area (Å²) in [6.45, 7) is 14.4. The van der Waals surface area contributed by atoms with Gasteiger partial charge in [0.2, 0.25) is 0 Å². The highest BCUT2D eigenvalue weighted by atomic mass is 32.2. The minimum atomic E-state index is -3.82. The van der Waals surface area contributed by atoms with E-state index in [0.717, 1.165) is 5.56 Å². The first-order valence-corrected chi connectivity index (χ1v) is 13.5. The maximum absolute atomic E-state index is 12.2. The molecule has 2 aliphatic heterocycles. The second-order valence-electron chi connectivity index (χ2n) is 11.1. The van der Waals surface area contributed by atoms with Crippen LogP contribution in [0.5, 0.6) is 0 Å². The lowest BCUT2D eigenvalue weighted by Crippen LogP contribution is -2.36. The van der Waals surface area contributed by atoms with E-state index in [1.807, 2.05) is 27.7 Å². The smallest absolute Gasteiger partial charge is 0.410 e. The molecule has 0 aliphatic carbocycles. The molecule has 2 saturated heterocycles. The second kappa shape index (κ2) is 11.8. The van der Waals surface area contributed by atoms with Crippen molar-refractivity contribution in [1.29, 1.82) is 0 Å². The molecule has 3 rings (SSSR count). The number of rotatable bonds is 3. The number of aryl methyl sites for hydroxylation is 1. The minimum Gasteiger partial charge on any atom is -0.444 e. The molecule has 0 radical (unpaired) electrons. The number of benzene rings is 1. The molecule has 0 aromatic heterocycles. The molecule has 10 nitrogen and oxygen atoms in total. The van der Waals surface area contributed by atoms with Crippen LogP contribution in [0.15, 0.2) is 29.2 Å². The number of amides is 2. The van der Waals surface area contributed by atoms with Crippen molar-refractivity contribution in [3.63, 3.8) is 0 Å². The summed E-state index contributed by atoms with van der Waals surface area (Å²) in [5.74, 6) is 0. The summed E-state index contributed by atoms with van der Waals surface area (Å²) in [5, 5.41) is 9.20. The van der Waals surface area contributed by atoms with Crippen LogP contribution in [-0.4, -0.2) is 85.1 Å². The van der Waals surface area contributed by atoms with E-state index in [9.17, 15) is 23.1 Å². The lowest BCUT2D eigenvalue weighted by molar-refractivity contribution is 0.0263. The monoisotopic (exact) mass is 528 g/mol. The lowest BCUT2D eigenvalue weighted by atomic mass is 10.2. The fourth-order valence-electron chi connectivity index (χ4n) is 3.47. The van der Waals surface area contributed by atoms with Gasteiger partial charge in [-0.25, -0.2) is 9.59 Å². The Morgan fingerprint density at radius 1 is 0.861 bits per heavy atom. The molecule has 204 valence electrons. The predicted molar refractivity (Wildman–Crippen MR) is 134 cm³/mol. The fraction of sp³-hybridized carbons (Fsp3) is 0.680. The van der Waals surface area contributed by atoms with Crippen molar-refractivity contribution < 1.29 is 36.8 Å². The van der Waals surface area contributed by atoms with E-state index >= 15 is 0 Å². The standard InChI is InChI=1S/C16H23NO5S.C9H17NO3/c1-12-5-7-14(8-6-12)23(19,20)22-13-9-10-17(11-13)15(18)21-16(2,3)4;1-9(2,3)13-8(12)10-5-4-7(11)6-10/h5-8,13H,9-11H2,1-4H3;7,11H,4-6H2,1-3H3/t13-;7-/m00/s1. The van der Waals surface area contributed by atoms with E-state index in [0.29, 0.717) is 32.5 Å². The first kappa shape index (κ1) is 29.9. The highest BCUT2D eigenvalue weighted by Crippen LogP contribution is 2.22. The number of nitrogens with zero attached hydrogens (tertiary/aromatic N) is 2. The summed E-state index contributed by atoms with van der Waals surface area (Å²) < 4.78 is 40.2. The van der Waals surface area contributed by atoms with Crippen LogP contribution in [0.4, 0.5) is 9.59 Å². The van der Waals surface area contributed by atoms with Crippen LogP contribution in [0, 0.1) is 6.92 Å². The van der Waals surface area contributed by atoms with Crippen molar-refractivity contribution in [3.05, 3.63) is 29.8 Å². The third-order valence-electron chi connectivity index (χ3n) is 5.18. The van der Waals surface area contributed by atoms with Crippen molar-refractivity contribution in [3.8, 4) is 0 Å². The van der Waals surface area contributed by atoms with Crippen LogP contribution in [0.3, 0.4) is 0 Å². The van der Waals surface area contributed by atoms with Gasteiger partial charge < -0.3 is 24.4 Å². The Hall–Kier alpha value is -2.37. The Bertz CT molecular complexity index is 996. The summed E-state index contributed by atoms with van der Waals surface area (Å²) in [5.41, 5.74) is -0.0600. The molecule has 11 heteroatoms. The zero-order chi connectivity index (χ0) is 27.3. The third-order valence-corrected chi connectivity index (χ3v) is 6.56. The second-order valence-corrected chi connectivity index (χ2v) is 12.6. The number of likely N-dealkylation sites (tertiary alicyclic amines) is 2. The molecule has 1 N–H and O–H groups in total. The molecule has 1 aromatic rings. The topological polar surface area (TPSA) is 123 Å². The molecule has 2 aliphatic rings. The SMILES string of the molecule is CC(C)(C)OC(=O)N1CC[C@H](O)C1.Cc1ccc(S(=O)(=O)O[C@H]2CCN(C(=O)OC(C)(C)C)C2)cc1. The largest absolute Gasteiger partial charge is 0.444 e. The number of β-amino-alcohol motifs (C(OH)–C–C–N with tert-alkyl or cyclic N) is 1. The number of carbonyl (C=O) groups excluding carboxylic acids is 2. The summed E-state index contributed by atoms with van der Waals surface area (Å²) >= 11 is 0. The van der Waals surface area contributed by atoms with Gasteiger partial charge in [0.1, 0.15) is 11.2 Å². The van der Waals surface area contributed by atoms with Gasteiger partial charge in [-0.3, -0.25) is 4.18 Å². The maximum Gasteiger partial charge on any atom is 0.410 e. The molecule has 2 fully saturated rings. The van der Waals surface area contributed by atoms with E-state index < -0.39 is 33.5 Å². The fourth-order valence-corrected chi connectivity index (χ4v) is 4.57. The summed E-state index contributed by atoms with van der Waals surface area (Å²) in [4.78, 5) is 26.5. The maximum atomic E-state index is 12.2. The first-order chi connectivity index (χ1) is 16.4. The predicted octanol–water partition coefficient (Wildman–Crippen LogP) is 3.70. The summed E-state index contributed by atoms with van der Waals surface area (Å²) in [6, 6.07) is 6.48. The molecule has 0 saturated carbocycles. The van der Waals surface area contributed by atoms with Gasteiger partial charge in [-0.1, -0.05) is 17.7 Å². The molecular formula is C25H40N2O8S. The van der Waals surface area contributed by atoms with Gasteiger partial charge in [0.05, 0.1) is 23.6 Å². The minimum absolute atomic E-state index is 0.124. The first-order valence-electron chi connectivity index (χ1n) is 12.1. The number of aliphatic hydroxyl groups is 1. The van der Waals surface area contributed by atoms with Gasteiger partial charge in [0.25, 0.3) is 10.1 Å². The van der Waals surface area contributed by atoms with Crippen LogP contribution in [0.2, 0.25) is 0 Å². The normalized spacial score (nSPS) is 20.6. The van der Waals surface area contributed by atoms with Crippen LogP contribution >= 0.6 is 0 Å². The molecule has 1 aromatic carbocycles. The molecule has 36 heavy (non-hydrogen) atoms. The van der Waals surface area contributed by atoms with Crippen molar-refractivity contribution >= 4 is 22.3 Å². The number of hydrogen-bond donors (Lipinski definition) is 1. The molecular weight excluding hydrogens is 488 g/mol. The summed E-state index contributed by atoms with van der Waals surface area (Å²) in [7, 11) is -3.82. The zero-order valence-corrected chi connectivity index (χ0v) is 23.1. The average Bonchev–Trinajstić information content (AvgIpc) is 3.35. The van der Waals surface area contributed by atoms with Crippen LogP contribution in [0.1, 0.15) is 59.9 Å². The van der Waals surface area contributed by atoms with Crippen molar-refractivity contribution in [1.82, 2.24) is 9.80 Å². The Morgan fingerprint density at radius 3 is 1.78 bits per heavy atom. The summed E-state index contributed by atoms with van der Waals surface area (Å²) in [6.07, 6.45) is -0.592. The molecule has 0 unspecified atom stereocenters.